The van der Waals surface area contributed by atoms with Crippen molar-refractivity contribution in [1.82, 2.24) is 9.97 Å². The predicted molar refractivity (Wildman–Crippen MR) is 158 cm³/mol. The number of para-hydroxylation sites is 1. The third-order valence-electron chi connectivity index (χ3n) is 6.08. The van der Waals surface area contributed by atoms with Crippen LogP contribution in [0.1, 0.15) is 21.5 Å². The number of nitrogens with zero attached hydrogens (tertiary/aromatic N) is 2. The van der Waals surface area contributed by atoms with Gasteiger partial charge in [0.05, 0.1) is 77.5 Å². The first-order chi connectivity index (χ1) is 21.1. The Balaban J connectivity index is 0.930. The SMILES string of the molecule is Cc1ccnc(-c2cc(COCCOCCOCCOCCOCCOC(=O)c3cc4ccccc4oc3=O)ccn2)c1. The van der Waals surface area contributed by atoms with Gasteiger partial charge >= 0.3 is 11.6 Å². The number of carbonyl (C=O) groups excluding carboxylic acids is 1. The minimum absolute atomic E-state index is 0.00956. The Morgan fingerprint density at radius 1 is 0.698 bits per heavy atom. The number of hydrogen-bond donors (Lipinski definition) is 0. The smallest absolute Gasteiger partial charge is 0.351 e. The van der Waals surface area contributed by atoms with Crippen molar-refractivity contribution in [2.75, 3.05) is 66.1 Å². The lowest BCUT2D eigenvalue weighted by Crippen LogP contribution is -2.19. The second kappa shape index (κ2) is 17.8. The fraction of sp³-hybridized carbons (Fsp3) is 0.375. The molecule has 0 spiro atoms. The molecule has 0 saturated heterocycles. The first-order valence-electron chi connectivity index (χ1n) is 14.1. The molecule has 4 rings (SSSR count). The van der Waals surface area contributed by atoms with E-state index in [1.54, 1.807) is 36.7 Å². The summed E-state index contributed by atoms with van der Waals surface area (Å²) in [6, 6.07) is 16.3. The molecule has 0 bridgehead atoms. The highest BCUT2D eigenvalue weighted by Gasteiger charge is 2.15. The van der Waals surface area contributed by atoms with Gasteiger partial charge in [0.2, 0.25) is 0 Å². The van der Waals surface area contributed by atoms with Crippen molar-refractivity contribution >= 4 is 16.9 Å². The van der Waals surface area contributed by atoms with Gasteiger partial charge in [-0.05, 0) is 54.4 Å². The Bertz CT molecular complexity index is 1490. The lowest BCUT2D eigenvalue weighted by molar-refractivity contribution is -0.0162. The maximum atomic E-state index is 12.2. The van der Waals surface area contributed by atoms with Crippen LogP contribution in [0, 0.1) is 6.92 Å². The molecule has 0 saturated carbocycles. The normalized spacial score (nSPS) is 11.2. The molecule has 0 aliphatic carbocycles. The zero-order valence-corrected chi connectivity index (χ0v) is 24.2. The van der Waals surface area contributed by atoms with Crippen molar-refractivity contribution in [2.24, 2.45) is 0 Å². The van der Waals surface area contributed by atoms with Crippen LogP contribution in [0.25, 0.3) is 22.4 Å². The second-order valence-corrected chi connectivity index (χ2v) is 9.39. The Hall–Kier alpha value is -4.00. The molecule has 0 aliphatic rings. The average Bonchev–Trinajstić information content (AvgIpc) is 3.02. The number of rotatable bonds is 19. The first kappa shape index (κ1) is 31.9. The molecule has 0 unspecified atom stereocenters. The van der Waals surface area contributed by atoms with Gasteiger partial charge in [-0.2, -0.15) is 0 Å². The second-order valence-electron chi connectivity index (χ2n) is 9.39. The van der Waals surface area contributed by atoms with Gasteiger partial charge in [0, 0.05) is 17.8 Å². The summed E-state index contributed by atoms with van der Waals surface area (Å²) in [7, 11) is 0. The molecule has 0 N–H and O–H groups in total. The molecule has 3 aromatic heterocycles. The number of esters is 1. The zero-order valence-electron chi connectivity index (χ0n) is 24.2. The quantitative estimate of drug-likeness (QED) is 0.0890. The van der Waals surface area contributed by atoms with Gasteiger partial charge in [-0.3, -0.25) is 9.97 Å². The van der Waals surface area contributed by atoms with Crippen molar-refractivity contribution in [3.63, 3.8) is 0 Å². The Labute approximate surface area is 249 Å². The van der Waals surface area contributed by atoms with Crippen LogP contribution >= 0.6 is 0 Å². The van der Waals surface area contributed by atoms with E-state index >= 15 is 0 Å². The molecular formula is C32H36N2O9. The number of aryl methyl sites for hydroxylation is 1. The topological polar surface area (TPSA) is 128 Å². The lowest BCUT2D eigenvalue weighted by atomic mass is 10.1. The van der Waals surface area contributed by atoms with Crippen LogP contribution in [-0.2, 0) is 35.0 Å². The van der Waals surface area contributed by atoms with E-state index in [1.807, 2.05) is 31.2 Å². The summed E-state index contributed by atoms with van der Waals surface area (Å²) in [4.78, 5) is 33.0. The molecule has 0 fully saturated rings. The maximum absolute atomic E-state index is 12.2. The first-order valence-corrected chi connectivity index (χ1v) is 14.1. The summed E-state index contributed by atoms with van der Waals surface area (Å²) in [5.41, 5.74) is 3.37. The van der Waals surface area contributed by atoms with Crippen molar-refractivity contribution < 1.29 is 37.6 Å². The number of pyridine rings is 2. The van der Waals surface area contributed by atoms with Gasteiger partial charge in [-0.25, -0.2) is 9.59 Å². The minimum atomic E-state index is -0.747. The molecule has 0 atom stereocenters. The predicted octanol–water partition coefficient (Wildman–Crippen LogP) is 4.00. The van der Waals surface area contributed by atoms with Crippen LogP contribution in [0.3, 0.4) is 0 Å². The van der Waals surface area contributed by atoms with Crippen LogP contribution in [0.4, 0.5) is 0 Å². The van der Waals surface area contributed by atoms with E-state index in [-0.39, 0.29) is 18.8 Å². The van der Waals surface area contributed by atoms with Crippen LogP contribution in [0.15, 0.2) is 76.2 Å². The summed E-state index contributed by atoms with van der Waals surface area (Å²) in [5.74, 6) is -0.747. The summed E-state index contributed by atoms with van der Waals surface area (Å²) in [6.07, 6.45) is 3.54. The van der Waals surface area contributed by atoms with Gasteiger partial charge in [0.15, 0.2) is 0 Å². The molecule has 11 heteroatoms. The lowest BCUT2D eigenvalue weighted by Gasteiger charge is -2.09. The van der Waals surface area contributed by atoms with E-state index in [4.69, 9.17) is 32.8 Å². The van der Waals surface area contributed by atoms with E-state index < -0.39 is 11.6 Å². The van der Waals surface area contributed by atoms with Crippen LogP contribution in [0.2, 0.25) is 0 Å². The molecule has 4 aromatic rings. The molecule has 11 nitrogen and oxygen atoms in total. The third kappa shape index (κ3) is 11.0. The number of hydrogen-bond acceptors (Lipinski definition) is 11. The van der Waals surface area contributed by atoms with Gasteiger partial charge in [-0.1, -0.05) is 18.2 Å². The van der Waals surface area contributed by atoms with E-state index in [0.29, 0.717) is 70.4 Å². The largest absolute Gasteiger partial charge is 0.459 e. The standard InChI is InChI=1S/C32H36N2O9/c1-24-6-8-33-28(20-24)29-21-25(7-9-34-29)23-41-17-16-39-13-12-37-10-11-38-14-15-40-18-19-42-31(35)27-22-26-4-2-3-5-30(26)43-32(27)36/h2-9,20-22H,10-19,23H2,1H3. The molecule has 0 amide bonds. The highest BCUT2D eigenvalue weighted by molar-refractivity contribution is 5.92. The molecular weight excluding hydrogens is 556 g/mol. The van der Waals surface area contributed by atoms with E-state index in [2.05, 4.69) is 9.97 Å². The fourth-order valence-corrected chi connectivity index (χ4v) is 3.93. The molecule has 1 aromatic carbocycles. The Morgan fingerprint density at radius 2 is 1.28 bits per heavy atom. The van der Waals surface area contributed by atoms with Gasteiger partial charge in [-0.15, -0.1) is 0 Å². The van der Waals surface area contributed by atoms with Crippen LogP contribution in [-0.4, -0.2) is 82.0 Å². The third-order valence-corrected chi connectivity index (χ3v) is 6.08. The molecule has 3 heterocycles. The number of ether oxygens (including phenoxy) is 6. The molecule has 0 radical (unpaired) electrons. The van der Waals surface area contributed by atoms with Crippen LogP contribution in [0.5, 0.6) is 0 Å². The minimum Gasteiger partial charge on any atom is -0.459 e. The average molecular weight is 593 g/mol. The van der Waals surface area contributed by atoms with E-state index in [0.717, 1.165) is 22.5 Å². The zero-order chi connectivity index (χ0) is 30.1. The van der Waals surface area contributed by atoms with Gasteiger partial charge in [0.25, 0.3) is 0 Å². The summed E-state index contributed by atoms with van der Waals surface area (Å²) < 4.78 is 37.8. The summed E-state index contributed by atoms with van der Waals surface area (Å²) in [5, 5.41) is 0.646. The van der Waals surface area contributed by atoms with E-state index in [9.17, 15) is 9.59 Å². The van der Waals surface area contributed by atoms with Crippen molar-refractivity contribution in [1.29, 1.82) is 0 Å². The van der Waals surface area contributed by atoms with Crippen molar-refractivity contribution in [2.45, 2.75) is 13.5 Å². The Morgan fingerprint density at radius 3 is 1.95 bits per heavy atom. The Kier molecular flexibility index (Phi) is 13.2. The van der Waals surface area contributed by atoms with Crippen LogP contribution < -0.4 is 5.63 Å². The van der Waals surface area contributed by atoms with Gasteiger partial charge < -0.3 is 32.8 Å². The monoisotopic (exact) mass is 592 g/mol. The van der Waals surface area contributed by atoms with Gasteiger partial charge in [0.1, 0.15) is 17.8 Å². The molecule has 43 heavy (non-hydrogen) atoms. The highest BCUT2D eigenvalue weighted by Crippen LogP contribution is 2.17. The fourth-order valence-electron chi connectivity index (χ4n) is 3.93. The molecule has 228 valence electrons. The number of benzene rings is 1. The maximum Gasteiger partial charge on any atom is 0.351 e. The summed E-state index contributed by atoms with van der Waals surface area (Å²) in [6.45, 7) is 6.12. The number of aromatic nitrogens is 2. The number of fused-ring (bicyclic) bond motifs is 1. The summed E-state index contributed by atoms with van der Waals surface area (Å²) >= 11 is 0. The molecule has 0 aliphatic heterocycles. The van der Waals surface area contributed by atoms with E-state index in [1.165, 1.54) is 6.07 Å². The number of carbonyl (C=O) groups is 1. The highest BCUT2D eigenvalue weighted by atomic mass is 16.6. The van der Waals surface area contributed by atoms with Crippen molar-refractivity contribution in [3.8, 4) is 11.4 Å². The van der Waals surface area contributed by atoms with Crippen molar-refractivity contribution in [3.05, 3.63) is 94.1 Å².